The number of aliphatic hydroxyl groups is 3. The van der Waals surface area contributed by atoms with Crippen molar-refractivity contribution in [1.29, 1.82) is 0 Å². The summed E-state index contributed by atoms with van der Waals surface area (Å²) in [6.45, 7) is 16.5. The summed E-state index contributed by atoms with van der Waals surface area (Å²) in [5.74, 6) is 1.33. The van der Waals surface area contributed by atoms with Gasteiger partial charge in [0.1, 0.15) is 12.4 Å². The zero-order chi connectivity index (χ0) is 48.1. The van der Waals surface area contributed by atoms with E-state index in [0.717, 1.165) is 62.0 Å². The Morgan fingerprint density at radius 1 is 0.672 bits per heavy atom. The van der Waals surface area contributed by atoms with Gasteiger partial charge in [0.25, 0.3) is 0 Å². The molecule has 0 saturated carbocycles. The molecule has 3 aliphatic rings. The number of nitrogens with zero attached hydrogens (tertiary/aromatic N) is 2. The maximum atomic E-state index is 12.7. The van der Waals surface area contributed by atoms with Gasteiger partial charge in [-0.25, -0.2) is 0 Å². The molecule has 0 heterocycles. The van der Waals surface area contributed by atoms with Crippen molar-refractivity contribution in [2.45, 2.75) is 96.6 Å². The number of aliphatic hydroxyl groups excluding tert-OH is 3. The normalized spacial score (nSPS) is 20.2. The SMILES string of the molecule is Cc1cc(CCC(=O)OCCOCCN(CCOCCOCCO)C2C=CC(C(C3=CCC(N(CCOCCO)CCOCCOCCO)C=C3)C3C=CCCC3)CC2)cc(C(C)(C)C)c1O. The number of carbonyl (C=O) groups excluding carboxylic acids is 1. The van der Waals surface area contributed by atoms with Crippen LogP contribution in [0.4, 0.5) is 0 Å². The molecule has 4 rings (SSSR count). The third-order valence-corrected chi connectivity index (χ3v) is 12.8. The summed E-state index contributed by atoms with van der Waals surface area (Å²) in [5, 5.41) is 37.8. The molecule has 0 amide bonds. The van der Waals surface area contributed by atoms with Gasteiger partial charge in [-0.05, 0) is 97.3 Å². The lowest BCUT2D eigenvalue weighted by molar-refractivity contribution is -0.145. The predicted octanol–water partition coefficient (Wildman–Crippen LogP) is 5.72. The molecule has 0 spiro atoms. The Kier molecular flexibility index (Phi) is 27.7. The van der Waals surface area contributed by atoms with E-state index in [1.54, 1.807) is 0 Å². The first-order valence-electron chi connectivity index (χ1n) is 25.0. The fourth-order valence-electron chi connectivity index (χ4n) is 9.28. The maximum absolute atomic E-state index is 12.7. The molecule has 3 aliphatic carbocycles. The van der Waals surface area contributed by atoms with Crippen molar-refractivity contribution in [2.75, 3.05) is 132 Å². The Balaban J connectivity index is 1.32. The average molecular weight is 943 g/mol. The molecular formula is C53H86N2O12. The van der Waals surface area contributed by atoms with Crippen molar-refractivity contribution in [2.24, 2.45) is 17.8 Å². The summed E-state index contributed by atoms with van der Waals surface area (Å²) in [5.41, 5.74) is 3.91. The lowest BCUT2D eigenvalue weighted by atomic mass is 9.69. The second-order valence-electron chi connectivity index (χ2n) is 18.8. The largest absolute Gasteiger partial charge is 0.507 e. The van der Waals surface area contributed by atoms with Crippen LogP contribution in [-0.2, 0) is 49.8 Å². The molecule has 1 aromatic carbocycles. The van der Waals surface area contributed by atoms with Gasteiger partial charge in [0.05, 0.1) is 99.1 Å². The summed E-state index contributed by atoms with van der Waals surface area (Å²) >= 11 is 0. The van der Waals surface area contributed by atoms with Crippen LogP contribution < -0.4 is 0 Å². The van der Waals surface area contributed by atoms with E-state index in [1.165, 1.54) is 18.4 Å². The molecule has 14 heteroatoms. The number of aromatic hydroxyl groups is 1. The Bertz CT molecular complexity index is 1640. The minimum atomic E-state index is -0.266. The van der Waals surface area contributed by atoms with E-state index in [0.29, 0.717) is 116 Å². The third-order valence-electron chi connectivity index (χ3n) is 12.8. The molecule has 5 unspecified atom stereocenters. The molecule has 0 aromatic heterocycles. The highest BCUT2D eigenvalue weighted by atomic mass is 16.6. The number of carbonyl (C=O) groups is 1. The van der Waals surface area contributed by atoms with Gasteiger partial charge in [-0.1, -0.05) is 75.4 Å². The van der Waals surface area contributed by atoms with Crippen LogP contribution in [-0.4, -0.2) is 180 Å². The van der Waals surface area contributed by atoms with Crippen LogP contribution >= 0.6 is 0 Å². The number of hydrogen-bond donors (Lipinski definition) is 4. The molecule has 14 nitrogen and oxygen atoms in total. The summed E-state index contributed by atoms with van der Waals surface area (Å²) in [6, 6.07) is 4.39. The van der Waals surface area contributed by atoms with E-state index in [4.69, 9.17) is 43.4 Å². The van der Waals surface area contributed by atoms with Gasteiger partial charge >= 0.3 is 5.97 Å². The Morgan fingerprint density at radius 2 is 1.22 bits per heavy atom. The van der Waals surface area contributed by atoms with Crippen LogP contribution in [0.15, 0.2) is 60.2 Å². The van der Waals surface area contributed by atoms with Gasteiger partial charge in [0.15, 0.2) is 0 Å². The molecular weight excluding hydrogens is 857 g/mol. The van der Waals surface area contributed by atoms with E-state index in [2.05, 4.69) is 73.1 Å². The van der Waals surface area contributed by atoms with Crippen molar-refractivity contribution in [3.05, 3.63) is 76.9 Å². The molecule has 380 valence electrons. The molecule has 67 heavy (non-hydrogen) atoms. The van der Waals surface area contributed by atoms with E-state index >= 15 is 0 Å². The Morgan fingerprint density at radius 3 is 1.73 bits per heavy atom. The summed E-state index contributed by atoms with van der Waals surface area (Å²) in [6.07, 6.45) is 24.2. The quantitative estimate of drug-likeness (QED) is 0.0371. The zero-order valence-corrected chi connectivity index (χ0v) is 41.3. The van der Waals surface area contributed by atoms with Crippen LogP contribution in [0.1, 0.15) is 82.4 Å². The first-order valence-corrected chi connectivity index (χ1v) is 25.0. The van der Waals surface area contributed by atoms with Gasteiger partial charge in [-0.2, -0.15) is 0 Å². The third kappa shape index (κ3) is 21.3. The lowest BCUT2D eigenvalue weighted by Crippen LogP contribution is -2.41. The molecule has 5 atom stereocenters. The highest BCUT2D eigenvalue weighted by Crippen LogP contribution is 2.42. The fraction of sp³-hybridized carbons (Fsp3) is 0.717. The van der Waals surface area contributed by atoms with Crippen LogP contribution in [0, 0.1) is 24.7 Å². The lowest BCUT2D eigenvalue weighted by Gasteiger charge is -2.39. The van der Waals surface area contributed by atoms with E-state index in [-0.39, 0.29) is 56.3 Å². The Labute approximate surface area is 401 Å². The van der Waals surface area contributed by atoms with Gasteiger partial charge in [-0.15, -0.1) is 0 Å². The minimum Gasteiger partial charge on any atom is -0.507 e. The van der Waals surface area contributed by atoms with E-state index in [9.17, 15) is 15.0 Å². The van der Waals surface area contributed by atoms with E-state index in [1.807, 2.05) is 19.1 Å². The number of allylic oxidation sites excluding steroid dienone is 5. The van der Waals surface area contributed by atoms with Gasteiger partial charge in [-0.3, -0.25) is 14.6 Å². The maximum Gasteiger partial charge on any atom is 0.306 e. The molecule has 0 fully saturated rings. The zero-order valence-electron chi connectivity index (χ0n) is 41.3. The monoisotopic (exact) mass is 943 g/mol. The fourth-order valence-corrected chi connectivity index (χ4v) is 9.28. The van der Waals surface area contributed by atoms with Crippen molar-refractivity contribution in [3.8, 4) is 5.75 Å². The minimum absolute atomic E-state index is 0.00509. The first kappa shape index (κ1) is 56.6. The highest BCUT2D eigenvalue weighted by Gasteiger charge is 2.34. The van der Waals surface area contributed by atoms with Crippen molar-refractivity contribution in [1.82, 2.24) is 9.80 Å². The highest BCUT2D eigenvalue weighted by molar-refractivity contribution is 5.69. The average Bonchev–Trinajstić information content (AvgIpc) is 3.33. The second kappa shape index (κ2) is 32.8. The van der Waals surface area contributed by atoms with Gasteiger partial charge < -0.3 is 53.6 Å². The predicted molar refractivity (Wildman–Crippen MR) is 261 cm³/mol. The number of ether oxygens (including phenoxy) is 7. The van der Waals surface area contributed by atoms with Crippen LogP contribution in [0.2, 0.25) is 0 Å². The number of phenolic OH excluding ortho intramolecular Hbond substituents is 1. The van der Waals surface area contributed by atoms with Gasteiger partial charge in [0.2, 0.25) is 0 Å². The van der Waals surface area contributed by atoms with Crippen molar-refractivity contribution in [3.63, 3.8) is 0 Å². The number of hydrogen-bond acceptors (Lipinski definition) is 14. The second-order valence-corrected chi connectivity index (χ2v) is 18.8. The first-order chi connectivity index (χ1) is 32.5. The Hall–Kier alpha value is -2.99. The number of esters is 1. The van der Waals surface area contributed by atoms with E-state index < -0.39 is 0 Å². The standard InChI is InChI=1S/C53H86N2O12/c1-42-40-43(41-49(52(42)60)53(2,3)4)10-19-50(59)67-39-38-64-30-23-55(22-29-63-35-37-66-33-26-58)48-17-13-46(14-18-48)51(44-8-6-5-7-9-44)45-11-15-47(16-12-45)54(20-27-61-31-24-56)21-28-62-34-36-65-32-25-57/h6,8,11-13,15,17,40-41,44,46-48,51,56-58,60H,5,7,9-10,14,16,18-39H2,1-4H3. The number of aryl methyl sites for hydroxylation is 2. The number of rotatable bonds is 35. The smallest absolute Gasteiger partial charge is 0.306 e. The van der Waals surface area contributed by atoms with Crippen LogP contribution in [0.25, 0.3) is 0 Å². The molecule has 0 saturated heterocycles. The topological polar surface area (TPSA) is 169 Å². The van der Waals surface area contributed by atoms with Crippen molar-refractivity contribution < 1.29 is 58.4 Å². The summed E-state index contributed by atoms with van der Waals surface area (Å²) in [4.78, 5) is 17.5. The molecule has 1 aromatic rings. The summed E-state index contributed by atoms with van der Waals surface area (Å²) in [7, 11) is 0. The molecule has 0 radical (unpaired) electrons. The molecule has 0 bridgehead atoms. The van der Waals surface area contributed by atoms with Crippen LogP contribution in [0.5, 0.6) is 5.75 Å². The number of benzene rings is 1. The van der Waals surface area contributed by atoms with Crippen LogP contribution in [0.3, 0.4) is 0 Å². The van der Waals surface area contributed by atoms with Gasteiger partial charge in [0, 0.05) is 44.7 Å². The number of phenols is 1. The molecule has 0 aliphatic heterocycles. The summed E-state index contributed by atoms with van der Waals surface area (Å²) < 4.78 is 39.8. The molecule has 4 N–H and O–H groups in total. The van der Waals surface area contributed by atoms with Crippen molar-refractivity contribution >= 4 is 5.97 Å².